The summed E-state index contributed by atoms with van der Waals surface area (Å²) in [5, 5.41) is 2.64. The molecule has 0 unspecified atom stereocenters. The Bertz CT molecular complexity index is 339. The quantitative estimate of drug-likeness (QED) is 0.918. The van der Waals surface area contributed by atoms with Gasteiger partial charge in [0.2, 0.25) is 0 Å². The van der Waals surface area contributed by atoms with Crippen LogP contribution in [0.3, 0.4) is 0 Å². The summed E-state index contributed by atoms with van der Waals surface area (Å²) < 4.78 is 36.4. The molecule has 0 radical (unpaired) electrons. The van der Waals surface area contributed by atoms with Crippen LogP contribution in [0.1, 0.15) is 12.0 Å². The van der Waals surface area contributed by atoms with Crippen molar-refractivity contribution in [3.63, 3.8) is 0 Å². The third-order valence-corrected chi connectivity index (χ3v) is 2.18. The van der Waals surface area contributed by atoms with E-state index in [1.54, 1.807) is 19.2 Å². The van der Waals surface area contributed by atoms with E-state index >= 15 is 0 Å². The Labute approximate surface area is 94.0 Å². The van der Waals surface area contributed by atoms with Crippen molar-refractivity contribution in [2.24, 2.45) is 0 Å². The molecule has 15 heavy (non-hydrogen) atoms. The molecule has 1 aromatic rings. The van der Waals surface area contributed by atoms with Crippen molar-refractivity contribution in [1.29, 1.82) is 0 Å². The number of anilines is 1. The van der Waals surface area contributed by atoms with Gasteiger partial charge in [-0.05, 0) is 34.5 Å². The summed E-state index contributed by atoms with van der Waals surface area (Å²) in [6.07, 6.45) is -3.44. The highest BCUT2D eigenvalue weighted by atomic mass is 79.9. The Kier molecular flexibility index (Phi) is 3.96. The van der Waals surface area contributed by atoms with Gasteiger partial charge in [0.25, 0.3) is 0 Å². The largest absolute Gasteiger partial charge is 0.390 e. The van der Waals surface area contributed by atoms with E-state index in [1.165, 1.54) is 0 Å². The van der Waals surface area contributed by atoms with E-state index in [4.69, 9.17) is 0 Å². The number of rotatable bonds is 3. The van der Waals surface area contributed by atoms with Gasteiger partial charge >= 0.3 is 6.18 Å². The van der Waals surface area contributed by atoms with E-state index in [2.05, 4.69) is 26.2 Å². The van der Waals surface area contributed by atoms with E-state index in [-0.39, 0.29) is 6.54 Å². The SMILES string of the molecule is Cc1cc(Br)cnc1NCCC(F)(F)F. The molecular formula is C9H10BrF3N2. The molecule has 1 rings (SSSR count). The molecule has 0 aliphatic rings. The minimum absolute atomic E-state index is 0.154. The fourth-order valence-electron chi connectivity index (χ4n) is 1.05. The third-order valence-electron chi connectivity index (χ3n) is 1.75. The Morgan fingerprint density at radius 2 is 2.13 bits per heavy atom. The second-order valence-electron chi connectivity index (χ2n) is 3.11. The zero-order valence-corrected chi connectivity index (χ0v) is 9.61. The number of pyridine rings is 1. The number of nitrogens with zero attached hydrogens (tertiary/aromatic N) is 1. The van der Waals surface area contributed by atoms with Crippen LogP contribution in [0.25, 0.3) is 0 Å². The minimum atomic E-state index is -4.13. The van der Waals surface area contributed by atoms with Crippen molar-refractivity contribution < 1.29 is 13.2 Å². The maximum Gasteiger partial charge on any atom is 0.390 e. The second-order valence-corrected chi connectivity index (χ2v) is 4.03. The van der Waals surface area contributed by atoms with Gasteiger partial charge in [-0.2, -0.15) is 13.2 Å². The minimum Gasteiger partial charge on any atom is -0.370 e. The maximum atomic E-state index is 11.9. The molecule has 0 saturated carbocycles. The number of nitrogens with one attached hydrogen (secondary N) is 1. The lowest BCUT2D eigenvalue weighted by atomic mass is 10.3. The van der Waals surface area contributed by atoms with Gasteiger partial charge in [0.1, 0.15) is 5.82 Å². The lowest BCUT2D eigenvalue weighted by Gasteiger charge is -2.10. The molecule has 1 N–H and O–H groups in total. The molecule has 0 aliphatic heterocycles. The van der Waals surface area contributed by atoms with Gasteiger partial charge in [0, 0.05) is 17.2 Å². The van der Waals surface area contributed by atoms with Gasteiger partial charge < -0.3 is 5.32 Å². The summed E-state index contributed by atoms with van der Waals surface area (Å²) in [5.74, 6) is 0.488. The van der Waals surface area contributed by atoms with Crippen LogP contribution < -0.4 is 5.32 Å². The average molecular weight is 283 g/mol. The average Bonchev–Trinajstić information content (AvgIpc) is 2.07. The number of hydrogen-bond acceptors (Lipinski definition) is 2. The van der Waals surface area contributed by atoms with Crippen molar-refractivity contribution in [2.75, 3.05) is 11.9 Å². The molecule has 1 aromatic heterocycles. The van der Waals surface area contributed by atoms with E-state index in [0.29, 0.717) is 5.82 Å². The molecule has 0 aliphatic carbocycles. The van der Waals surface area contributed by atoms with Crippen LogP contribution in [0.5, 0.6) is 0 Å². The van der Waals surface area contributed by atoms with Crippen molar-refractivity contribution in [3.05, 3.63) is 22.3 Å². The Morgan fingerprint density at radius 3 is 2.67 bits per heavy atom. The predicted octanol–water partition coefficient (Wildman–Crippen LogP) is 3.52. The van der Waals surface area contributed by atoms with E-state index in [0.717, 1.165) is 10.0 Å². The number of alkyl halides is 3. The third kappa shape index (κ3) is 4.51. The molecule has 0 saturated heterocycles. The van der Waals surface area contributed by atoms with Crippen molar-refractivity contribution >= 4 is 21.7 Å². The number of aromatic nitrogens is 1. The van der Waals surface area contributed by atoms with Gasteiger partial charge in [-0.1, -0.05) is 0 Å². The van der Waals surface area contributed by atoms with E-state index in [9.17, 15) is 13.2 Å². The van der Waals surface area contributed by atoms with Gasteiger partial charge in [0.05, 0.1) is 6.42 Å². The van der Waals surface area contributed by atoms with Gasteiger partial charge in [0.15, 0.2) is 0 Å². The number of aryl methyl sites for hydroxylation is 1. The van der Waals surface area contributed by atoms with Crippen LogP contribution in [0.15, 0.2) is 16.7 Å². The molecule has 0 spiro atoms. The highest BCUT2D eigenvalue weighted by molar-refractivity contribution is 9.10. The molecule has 0 aromatic carbocycles. The predicted molar refractivity (Wildman–Crippen MR) is 55.8 cm³/mol. The smallest absolute Gasteiger partial charge is 0.370 e. The van der Waals surface area contributed by atoms with E-state index in [1.807, 2.05) is 0 Å². The summed E-state index contributed by atoms with van der Waals surface area (Å²) in [6.45, 7) is 1.63. The fraction of sp³-hybridized carbons (Fsp3) is 0.444. The topological polar surface area (TPSA) is 24.9 Å². The highest BCUT2D eigenvalue weighted by Gasteiger charge is 2.26. The molecule has 84 valence electrons. The van der Waals surface area contributed by atoms with Crippen LogP contribution in [-0.4, -0.2) is 17.7 Å². The molecule has 0 atom stereocenters. The second kappa shape index (κ2) is 4.83. The molecule has 6 heteroatoms. The van der Waals surface area contributed by atoms with Crippen LogP contribution in [0.4, 0.5) is 19.0 Å². The molecular weight excluding hydrogens is 273 g/mol. The lowest BCUT2D eigenvalue weighted by Crippen LogP contribution is -2.15. The van der Waals surface area contributed by atoms with Crippen LogP contribution >= 0.6 is 15.9 Å². The van der Waals surface area contributed by atoms with Gasteiger partial charge in [-0.3, -0.25) is 0 Å². The van der Waals surface area contributed by atoms with Crippen LogP contribution in [-0.2, 0) is 0 Å². The van der Waals surface area contributed by atoms with Crippen molar-refractivity contribution in [3.8, 4) is 0 Å². The summed E-state index contributed by atoms with van der Waals surface area (Å²) >= 11 is 3.23. The maximum absolute atomic E-state index is 11.9. The molecule has 0 bridgehead atoms. The van der Waals surface area contributed by atoms with Crippen LogP contribution in [0, 0.1) is 6.92 Å². The van der Waals surface area contributed by atoms with Gasteiger partial charge in [-0.25, -0.2) is 4.98 Å². The van der Waals surface area contributed by atoms with E-state index < -0.39 is 12.6 Å². The van der Waals surface area contributed by atoms with Crippen molar-refractivity contribution in [1.82, 2.24) is 4.98 Å². The summed E-state index contributed by atoms with van der Waals surface area (Å²) in [6, 6.07) is 1.79. The number of hydrogen-bond donors (Lipinski definition) is 1. The highest BCUT2D eigenvalue weighted by Crippen LogP contribution is 2.20. The monoisotopic (exact) mass is 282 g/mol. The summed E-state index contributed by atoms with van der Waals surface area (Å²) in [4.78, 5) is 3.97. The first-order valence-corrected chi connectivity index (χ1v) is 5.10. The van der Waals surface area contributed by atoms with Crippen molar-refractivity contribution in [2.45, 2.75) is 19.5 Å². The first kappa shape index (κ1) is 12.3. The lowest BCUT2D eigenvalue weighted by molar-refractivity contribution is -0.131. The first-order chi connectivity index (χ1) is 6.88. The Hall–Kier alpha value is -0.780. The summed E-state index contributed by atoms with van der Waals surface area (Å²) in [5.41, 5.74) is 0.812. The molecule has 0 fully saturated rings. The normalized spacial score (nSPS) is 11.5. The van der Waals surface area contributed by atoms with Gasteiger partial charge in [-0.15, -0.1) is 0 Å². The summed E-state index contributed by atoms with van der Waals surface area (Å²) in [7, 11) is 0. The molecule has 0 amide bonds. The first-order valence-electron chi connectivity index (χ1n) is 4.31. The Morgan fingerprint density at radius 1 is 1.47 bits per heavy atom. The standard InChI is InChI=1S/C9H10BrF3N2/c1-6-4-7(10)5-15-8(6)14-3-2-9(11,12)13/h4-5H,2-3H2,1H3,(H,14,15). The zero-order valence-electron chi connectivity index (χ0n) is 8.03. The zero-order chi connectivity index (χ0) is 11.5. The number of halogens is 4. The fourth-order valence-corrected chi connectivity index (χ4v) is 1.49. The molecule has 1 heterocycles. The Balaban J connectivity index is 2.51. The molecule has 2 nitrogen and oxygen atoms in total. The van der Waals surface area contributed by atoms with Crippen LogP contribution in [0.2, 0.25) is 0 Å².